The first-order valence-corrected chi connectivity index (χ1v) is 6.66. The van der Waals surface area contributed by atoms with Crippen molar-refractivity contribution in [2.45, 2.75) is 32.7 Å². The first-order valence-electron chi connectivity index (χ1n) is 6.66. The summed E-state index contributed by atoms with van der Waals surface area (Å²) in [7, 11) is 1.71. The molecule has 0 saturated carbocycles. The summed E-state index contributed by atoms with van der Waals surface area (Å²) in [6.07, 6.45) is 5.48. The standard InChI is InChI=1S/C15H22N2O/c1-3-9-17-11-12(5-4-8-16)14-10-13(18-2)6-7-15(14)17/h6-7,10-11H,3-5,8-9,16H2,1-2H3. The van der Waals surface area contributed by atoms with E-state index in [0.717, 1.165) is 38.1 Å². The molecule has 0 saturated heterocycles. The maximum Gasteiger partial charge on any atom is 0.119 e. The molecule has 0 unspecified atom stereocenters. The predicted molar refractivity (Wildman–Crippen MR) is 76.2 cm³/mol. The van der Waals surface area contributed by atoms with E-state index in [4.69, 9.17) is 10.5 Å². The third-order valence-electron chi connectivity index (χ3n) is 3.29. The number of nitrogens with two attached hydrogens (primary N) is 1. The van der Waals surface area contributed by atoms with Gasteiger partial charge in [-0.05, 0) is 49.6 Å². The monoisotopic (exact) mass is 246 g/mol. The maximum atomic E-state index is 5.61. The number of benzene rings is 1. The molecule has 0 radical (unpaired) electrons. The Hall–Kier alpha value is -1.48. The van der Waals surface area contributed by atoms with Crippen molar-refractivity contribution in [3.05, 3.63) is 30.0 Å². The average Bonchev–Trinajstić information content (AvgIpc) is 2.74. The fraction of sp³-hybridized carbons (Fsp3) is 0.467. The van der Waals surface area contributed by atoms with Gasteiger partial charge >= 0.3 is 0 Å². The van der Waals surface area contributed by atoms with Gasteiger partial charge in [-0.1, -0.05) is 6.92 Å². The van der Waals surface area contributed by atoms with Gasteiger partial charge in [-0.2, -0.15) is 0 Å². The molecule has 0 aliphatic heterocycles. The maximum absolute atomic E-state index is 5.61. The zero-order valence-electron chi connectivity index (χ0n) is 11.3. The van der Waals surface area contributed by atoms with E-state index in [1.54, 1.807) is 7.11 Å². The number of hydrogen-bond acceptors (Lipinski definition) is 2. The third kappa shape index (κ3) is 2.51. The Balaban J connectivity index is 2.46. The van der Waals surface area contributed by atoms with Gasteiger partial charge in [0.1, 0.15) is 5.75 Å². The average molecular weight is 246 g/mol. The molecule has 0 bridgehead atoms. The first kappa shape index (κ1) is 13.0. The van der Waals surface area contributed by atoms with Crippen LogP contribution in [0.5, 0.6) is 5.75 Å². The Morgan fingerprint density at radius 3 is 2.83 bits per heavy atom. The Morgan fingerprint density at radius 2 is 2.17 bits per heavy atom. The predicted octanol–water partition coefficient (Wildman–Crippen LogP) is 2.95. The summed E-state index contributed by atoms with van der Waals surface area (Å²) in [6, 6.07) is 6.31. The number of aromatic nitrogens is 1. The Kier molecular flexibility index (Phi) is 4.26. The van der Waals surface area contributed by atoms with E-state index in [1.807, 2.05) is 6.07 Å². The van der Waals surface area contributed by atoms with E-state index in [9.17, 15) is 0 Å². The lowest BCUT2D eigenvalue weighted by molar-refractivity contribution is 0.415. The zero-order valence-corrected chi connectivity index (χ0v) is 11.3. The van der Waals surface area contributed by atoms with Crippen molar-refractivity contribution in [3.63, 3.8) is 0 Å². The highest BCUT2D eigenvalue weighted by Crippen LogP contribution is 2.27. The lowest BCUT2D eigenvalue weighted by atomic mass is 10.1. The summed E-state index contributed by atoms with van der Waals surface area (Å²) in [4.78, 5) is 0. The number of rotatable bonds is 6. The van der Waals surface area contributed by atoms with Crippen LogP contribution in [0.1, 0.15) is 25.3 Å². The van der Waals surface area contributed by atoms with Crippen molar-refractivity contribution in [1.82, 2.24) is 4.57 Å². The minimum absolute atomic E-state index is 0.740. The van der Waals surface area contributed by atoms with E-state index >= 15 is 0 Å². The number of nitrogens with zero attached hydrogens (tertiary/aromatic N) is 1. The highest BCUT2D eigenvalue weighted by molar-refractivity contribution is 5.85. The summed E-state index contributed by atoms with van der Waals surface area (Å²) >= 11 is 0. The highest BCUT2D eigenvalue weighted by Gasteiger charge is 2.08. The molecule has 0 amide bonds. The normalized spacial score (nSPS) is 11.1. The molecule has 2 N–H and O–H groups in total. The van der Waals surface area contributed by atoms with Gasteiger partial charge in [0.2, 0.25) is 0 Å². The van der Waals surface area contributed by atoms with E-state index < -0.39 is 0 Å². The molecule has 0 aliphatic carbocycles. The van der Waals surface area contributed by atoms with E-state index in [0.29, 0.717) is 0 Å². The molecule has 1 heterocycles. The lowest BCUT2D eigenvalue weighted by Gasteiger charge is -2.04. The summed E-state index contributed by atoms with van der Waals surface area (Å²) < 4.78 is 7.65. The lowest BCUT2D eigenvalue weighted by Crippen LogP contribution is -2.00. The van der Waals surface area contributed by atoms with Crippen LogP contribution in [0.3, 0.4) is 0 Å². The third-order valence-corrected chi connectivity index (χ3v) is 3.29. The van der Waals surface area contributed by atoms with E-state index in [-0.39, 0.29) is 0 Å². The number of aryl methyl sites for hydroxylation is 2. The minimum atomic E-state index is 0.740. The second-order valence-electron chi connectivity index (χ2n) is 4.62. The first-order chi connectivity index (χ1) is 8.80. The number of hydrogen-bond donors (Lipinski definition) is 1. The summed E-state index contributed by atoms with van der Waals surface area (Å²) in [5.41, 5.74) is 8.28. The van der Waals surface area contributed by atoms with Crippen molar-refractivity contribution in [2.24, 2.45) is 5.73 Å². The summed E-state index contributed by atoms with van der Waals surface area (Å²) in [5, 5.41) is 1.30. The molecule has 0 aliphatic rings. The minimum Gasteiger partial charge on any atom is -0.497 e. The molecule has 3 heteroatoms. The fourth-order valence-electron chi connectivity index (χ4n) is 2.39. The molecule has 18 heavy (non-hydrogen) atoms. The van der Waals surface area contributed by atoms with Gasteiger partial charge in [0, 0.05) is 23.6 Å². The van der Waals surface area contributed by atoms with Crippen LogP contribution < -0.4 is 10.5 Å². The highest BCUT2D eigenvalue weighted by atomic mass is 16.5. The summed E-state index contributed by atoms with van der Waals surface area (Å²) in [6.45, 7) is 4.00. The van der Waals surface area contributed by atoms with Gasteiger partial charge in [-0.3, -0.25) is 0 Å². The van der Waals surface area contributed by atoms with Crippen LogP contribution in [-0.4, -0.2) is 18.2 Å². The number of methoxy groups -OCH3 is 1. The SMILES string of the molecule is CCCn1cc(CCCN)c2cc(OC)ccc21. The molecule has 1 aromatic heterocycles. The van der Waals surface area contributed by atoms with Gasteiger partial charge in [-0.25, -0.2) is 0 Å². The van der Waals surface area contributed by atoms with Gasteiger partial charge in [0.05, 0.1) is 7.11 Å². The van der Waals surface area contributed by atoms with Crippen molar-refractivity contribution in [2.75, 3.05) is 13.7 Å². The second kappa shape index (κ2) is 5.91. The van der Waals surface area contributed by atoms with Crippen LogP contribution >= 0.6 is 0 Å². The van der Waals surface area contributed by atoms with Crippen LogP contribution in [0.25, 0.3) is 10.9 Å². The quantitative estimate of drug-likeness (QED) is 0.851. The van der Waals surface area contributed by atoms with Crippen LogP contribution in [0.2, 0.25) is 0 Å². The van der Waals surface area contributed by atoms with Gasteiger partial charge in [-0.15, -0.1) is 0 Å². The topological polar surface area (TPSA) is 40.2 Å². The molecule has 2 aromatic rings. The Morgan fingerprint density at radius 1 is 1.33 bits per heavy atom. The largest absolute Gasteiger partial charge is 0.497 e. The van der Waals surface area contributed by atoms with Crippen LogP contribution in [0.4, 0.5) is 0 Å². The molecule has 1 aromatic carbocycles. The van der Waals surface area contributed by atoms with Crippen molar-refractivity contribution in [1.29, 1.82) is 0 Å². The molecule has 3 nitrogen and oxygen atoms in total. The zero-order chi connectivity index (χ0) is 13.0. The Labute approximate surface area is 109 Å². The fourth-order valence-corrected chi connectivity index (χ4v) is 2.39. The van der Waals surface area contributed by atoms with Gasteiger partial charge in [0.15, 0.2) is 0 Å². The molecule has 0 spiro atoms. The van der Waals surface area contributed by atoms with Gasteiger partial charge < -0.3 is 15.0 Å². The molecule has 0 fully saturated rings. The van der Waals surface area contributed by atoms with Crippen molar-refractivity contribution >= 4 is 10.9 Å². The number of fused-ring (bicyclic) bond motifs is 1. The van der Waals surface area contributed by atoms with Crippen molar-refractivity contribution < 1.29 is 4.74 Å². The molecule has 98 valence electrons. The molecule has 0 atom stereocenters. The smallest absolute Gasteiger partial charge is 0.119 e. The second-order valence-corrected chi connectivity index (χ2v) is 4.62. The Bertz CT molecular complexity index is 516. The van der Waals surface area contributed by atoms with E-state index in [2.05, 4.69) is 29.8 Å². The molecular formula is C15H22N2O. The van der Waals surface area contributed by atoms with Crippen LogP contribution in [-0.2, 0) is 13.0 Å². The number of ether oxygens (including phenoxy) is 1. The van der Waals surface area contributed by atoms with Crippen LogP contribution in [0, 0.1) is 0 Å². The van der Waals surface area contributed by atoms with Gasteiger partial charge in [0.25, 0.3) is 0 Å². The van der Waals surface area contributed by atoms with Crippen molar-refractivity contribution in [3.8, 4) is 5.75 Å². The summed E-state index contributed by atoms with van der Waals surface area (Å²) in [5.74, 6) is 0.922. The molecular weight excluding hydrogens is 224 g/mol. The van der Waals surface area contributed by atoms with E-state index in [1.165, 1.54) is 16.5 Å². The molecule has 2 rings (SSSR count). The van der Waals surface area contributed by atoms with Crippen LogP contribution in [0.15, 0.2) is 24.4 Å².